The van der Waals surface area contributed by atoms with Crippen LogP contribution in [0.4, 0.5) is 4.39 Å². The summed E-state index contributed by atoms with van der Waals surface area (Å²) in [5, 5.41) is 10.8. The van der Waals surface area contributed by atoms with Crippen molar-refractivity contribution in [1.82, 2.24) is 0 Å². The molecule has 0 spiro atoms. The minimum Gasteiger partial charge on any atom is -0.206 e. The van der Waals surface area contributed by atoms with E-state index in [-0.39, 0.29) is 5.82 Å². The van der Waals surface area contributed by atoms with Crippen molar-refractivity contribution in [2.45, 2.75) is 4.90 Å². The van der Waals surface area contributed by atoms with Gasteiger partial charge in [-0.1, -0.05) is 0 Å². The molecule has 0 saturated carbocycles. The Balaban J connectivity index is 2.92. The molecule has 0 bridgehead atoms. The average molecular weight is 209 g/mol. The lowest BCUT2D eigenvalue weighted by Gasteiger charge is -1.94. The molecule has 0 fully saturated rings. The Morgan fingerprint density at radius 1 is 1.46 bits per heavy atom. The molecule has 1 aromatic carbocycles. The summed E-state index contributed by atoms with van der Waals surface area (Å²) in [7, 11) is 0. The summed E-state index contributed by atoms with van der Waals surface area (Å²) in [5.41, 5.74) is 0.394. The molecule has 0 radical (unpaired) electrons. The number of halogens is 1. The number of nitriles is 1. The molecule has 2 aromatic rings. The van der Waals surface area contributed by atoms with Gasteiger partial charge in [0.1, 0.15) is 11.9 Å². The molecule has 13 heavy (non-hydrogen) atoms. The van der Waals surface area contributed by atoms with Gasteiger partial charge in [0.25, 0.3) is 0 Å². The predicted octanol–water partition coefficient (Wildman–Crippen LogP) is 3.20. The van der Waals surface area contributed by atoms with E-state index in [0.717, 1.165) is 4.70 Å². The van der Waals surface area contributed by atoms with E-state index in [1.165, 1.54) is 17.4 Å². The number of benzene rings is 1. The molecular weight excluding hydrogens is 205 g/mol. The van der Waals surface area contributed by atoms with Gasteiger partial charge >= 0.3 is 0 Å². The van der Waals surface area contributed by atoms with E-state index in [9.17, 15) is 4.39 Å². The lowest BCUT2D eigenvalue weighted by Crippen LogP contribution is -1.78. The highest BCUT2D eigenvalue weighted by Crippen LogP contribution is 2.30. The summed E-state index contributed by atoms with van der Waals surface area (Å²) in [6.45, 7) is 0. The zero-order valence-electron chi connectivity index (χ0n) is 6.41. The molecule has 0 N–H and O–H groups in total. The minimum atomic E-state index is -0.375. The average Bonchev–Trinajstić information content (AvgIpc) is 2.47. The van der Waals surface area contributed by atoms with Gasteiger partial charge in [-0.2, -0.15) is 5.26 Å². The molecule has 1 heterocycles. The summed E-state index contributed by atoms with van der Waals surface area (Å²) in [5.74, 6) is -0.375. The Hall–Kier alpha value is -1.05. The molecule has 0 atom stereocenters. The predicted molar refractivity (Wildman–Crippen MR) is 53.8 cm³/mol. The summed E-state index contributed by atoms with van der Waals surface area (Å²) in [6, 6.07) is 5.03. The van der Waals surface area contributed by atoms with E-state index in [0.29, 0.717) is 15.8 Å². The van der Waals surface area contributed by atoms with Crippen LogP contribution in [0.15, 0.2) is 22.4 Å². The van der Waals surface area contributed by atoms with Gasteiger partial charge in [0.15, 0.2) is 0 Å². The second kappa shape index (κ2) is 3.02. The highest BCUT2D eigenvalue weighted by atomic mass is 32.1. The molecule has 64 valence electrons. The van der Waals surface area contributed by atoms with E-state index in [2.05, 4.69) is 12.6 Å². The second-order valence-corrected chi connectivity index (χ2v) is 3.99. The first-order valence-corrected chi connectivity index (χ1v) is 4.85. The second-order valence-electron chi connectivity index (χ2n) is 2.56. The topological polar surface area (TPSA) is 23.8 Å². The highest BCUT2D eigenvalue weighted by molar-refractivity contribution is 7.80. The third-order valence-corrected chi connectivity index (χ3v) is 2.92. The first kappa shape index (κ1) is 8.54. The SMILES string of the molecule is N#Cc1csc2cc(S)cc(F)c12. The van der Waals surface area contributed by atoms with Crippen LogP contribution in [-0.2, 0) is 0 Å². The number of fused-ring (bicyclic) bond motifs is 1. The lowest BCUT2D eigenvalue weighted by atomic mass is 10.2. The minimum absolute atomic E-state index is 0.375. The number of rotatable bonds is 0. The fraction of sp³-hybridized carbons (Fsp3) is 0. The van der Waals surface area contributed by atoms with Gasteiger partial charge < -0.3 is 0 Å². The molecule has 0 aliphatic heterocycles. The number of hydrogen-bond acceptors (Lipinski definition) is 3. The maximum Gasteiger partial charge on any atom is 0.134 e. The van der Waals surface area contributed by atoms with Crippen molar-refractivity contribution in [2.75, 3.05) is 0 Å². The number of nitrogens with zero attached hydrogens (tertiary/aromatic N) is 1. The van der Waals surface area contributed by atoms with Crippen molar-refractivity contribution in [1.29, 1.82) is 5.26 Å². The van der Waals surface area contributed by atoms with Gasteiger partial charge in [-0.05, 0) is 12.1 Å². The Morgan fingerprint density at radius 3 is 2.92 bits per heavy atom. The zero-order chi connectivity index (χ0) is 9.42. The van der Waals surface area contributed by atoms with Gasteiger partial charge in [0, 0.05) is 20.4 Å². The Labute approximate surface area is 83.8 Å². The number of hydrogen-bond donors (Lipinski definition) is 1. The highest BCUT2D eigenvalue weighted by Gasteiger charge is 2.09. The van der Waals surface area contributed by atoms with Gasteiger partial charge in [-0.3, -0.25) is 0 Å². The fourth-order valence-electron chi connectivity index (χ4n) is 1.19. The quantitative estimate of drug-likeness (QED) is 0.662. The van der Waals surface area contributed by atoms with Crippen LogP contribution >= 0.6 is 24.0 Å². The van der Waals surface area contributed by atoms with E-state index in [1.54, 1.807) is 11.4 Å². The van der Waals surface area contributed by atoms with Gasteiger partial charge in [-0.25, -0.2) is 4.39 Å². The van der Waals surface area contributed by atoms with Crippen molar-refractivity contribution < 1.29 is 4.39 Å². The van der Waals surface area contributed by atoms with Crippen molar-refractivity contribution in [2.24, 2.45) is 0 Å². The van der Waals surface area contributed by atoms with Crippen molar-refractivity contribution in [3.8, 4) is 6.07 Å². The van der Waals surface area contributed by atoms with E-state index in [1.807, 2.05) is 6.07 Å². The zero-order valence-corrected chi connectivity index (χ0v) is 8.12. The van der Waals surface area contributed by atoms with Gasteiger partial charge in [0.2, 0.25) is 0 Å². The van der Waals surface area contributed by atoms with Crippen molar-refractivity contribution in [3.05, 3.63) is 28.9 Å². The van der Waals surface area contributed by atoms with Crippen LogP contribution in [0.25, 0.3) is 10.1 Å². The number of thiol groups is 1. The normalized spacial score (nSPS) is 10.2. The molecule has 0 amide bonds. The van der Waals surface area contributed by atoms with Crippen LogP contribution < -0.4 is 0 Å². The standard InChI is InChI=1S/C9H4FNS2/c10-7-1-6(12)2-8-9(7)5(3-11)4-13-8/h1-2,4,12H. The molecule has 2 rings (SSSR count). The van der Waals surface area contributed by atoms with Gasteiger partial charge in [0.05, 0.1) is 5.56 Å². The van der Waals surface area contributed by atoms with Crippen molar-refractivity contribution >= 4 is 34.1 Å². The summed E-state index contributed by atoms with van der Waals surface area (Å²) in [4.78, 5) is 0.580. The van der Waals surface area contributed by atoms with Crippen LogP contribution in [0, 0.1) is 17.1 Å². The maximum atomic E-state index is 13.3. The fourth-order valence-corrected chi connectivity index (χ4v) is 2.45. The summed E-state index contributed by atoms with van der Waals surface area (Å²) in [6.07, 6.45) is 0. The largest absolute Gasteiger partial charge is 0.206 e. The third-order valence-electron chi connectivity index (χ3n) is 1.73. The Kier molecular flexibility index (Phi) is 1.98. The number of thiophene rings is 1. The smallest absolute Gasteiger partial charge is 0.134 e. The first-order chi connectivity index (χ1) is 6.22. The Morgan fingerprint density at radius 2 is 2.23 bits per heavy atom. The molecule has 0 aliphatic rings. The molecule has 4 heteroatoms. The van der Waals surface area contributed by atoms with E-state index in [4.69, 9.17) is 5.26 Å². The monoisotopic (exact) mass is 209 g/mol. The lowest BCUT2D eigenvalue weighted by molar-refractivity contribution is 0.637. The van der Waals surface area contributed by atoms with Crippen molar-refractivity contribution in [3.63, 3.8) is 0 Å². The first-order valence-electron chi connectivity index (χ1n) is 3.52. The van der Waals surface area contributed by atoms with Crippen LogP contribution in [0.3, 0.4) is 0 Å². The Bertz CT molecular complexity index is 510. The molecule has 0 aliphatic carbocycles. The maximum absolute atomic E-state index is 13.3. The molecule has 0 unspecified atom stereocenters. The summed E-state index contributed by atoms with van der Waals surface area (Å²) < 4.78 is 14.1. The van der Waals surface area contributed by atoms with Crippen LogP contribution in [0.5, 0.6) is 0 Å². The van der Waals surface area contributed by atoms with Gasteiger partial charge in [-0.15, -0.1) is 24.0 Å². The van der Waals surface area contributed by atoms with E-state index >= 15 is 0 Å². The molecular formula is C9H4FNS2. The summed E-state index contributed by atoms with van der Waals surface area (Å²) >= 11 is 5.41. The van der Waals surface area contributed by atoms with Crippen LogP contribution in [0.1, 0.15) is 5.56 Å². The van der Waals surface area contributed by atoms with Crippen LogP contribution in [-0.4, -0.2) is 0 Å². The molecule has 0 saturated heterocycles. The molecule has 1 aromatic heterocycles. The molecule has 1 nitrogen and oxygen atoms in total. The van der Waals surface area contributed by atoms with Crippen LogP contribution in [0.2, 0.25) is 0 Å². The third kappa shape index (κ3) is 1.30. The van der Waals surface area contributed by atoms with E-state index < -0.39 is 0 Å².